The molecule has 1 aromatic rings. The lowest BCUT2D eigenvalue weighted by molar-refractivity contribution is -0.117. The molecule has 15 heavy (non-hydrogen) atoms. The largest absolute Gasteiger partial charge is 0.326 e. The number of benzene rings is 1. The Morgan fingerprint density at radius 3 is 2.13 bits per heavy atom. The molecule has 0 heterocycles. The van der Waals surface area contributed by atoms with Crippen LogP contribution in [0.15, 0.2) is 18.7 Å². The van der Waals surface area contributed by atoms with Gasteiger partial charge in [0.15, 0.2) is 0 Å². The Kier molecular flexibility index (Phi) is 3.14. The minimum atomic E-state index is -1.11. The first kappa shape index (κ1) is 11.3. The summed E-state index contributed by atoms with van der Waals surface area (Å²) in [6.07, 6.45) is 0. The van der Waals surface area contributed by atoms with Gasteiger partial charge in [0, 0.05) is 24.8 Å². The van der Waals surface area contributed by atoms with Gasteiger partial charge in [-0.15, -0.1) is 0 Å². The lowest BCUT2D eigenvalue weighted by atomic mass is 10.1. The van der Waals surface area contributed by atoms with Gasteiger partial charge in [-0.1, -0.05) is 6.58 Å². The maximum atomic E-state index is 13.1. The van der Waals surface area contributed by atoms with Crippen LogP contribution in [-0.4, -0.2) is 5.91 Å². The summed E-state index contributed by atoms with van der Waals surface area (Å²) in [6.45, 7) is 4.45. The van der Waals surface area contributed by atoms with Crippen LogP contribution in [0, 0.1) is 17.5 Å². The van der Waals surface area contributed by atoms with E-state index in [1.165, 1.54) is 6.92 Å². The molecule has 0 saturated carbocycles. The fourth-order valence-electron chi connectivity index (χ4n) is 1.11. The summed E-state index contributed by atoms with van der Waals surface area (Å²) >= 11 is 0. The molecule has 1 N–H and O–H groups in total. The van der Waals surface area contributed by atoms with Crippen LogP contribution in [-0.2, 0) is 4.79 Å². The van der Waals surface area contributed by atoms with Gasteiger partial charge >= 0.3 is 0 Å². The van der Waals surface area contributed by atoms with E-state index in [1.807, 2.05) is 0 Å². The Hall–Kier alpha value is -1.78. The minimum absolute atomic E-state index is 0.238. The summed E-state index contributed by atoms with van der Waals surface area (Å²) in [5.74, 6) is -3.75. The third kappa shape index (κ3) is 2.59. The van der Waals surface area contributed by atoms with Crippen LogP contribution >= 0.6 is 0 Å². The maximum absolute atomic E-state index is 13.1. The average molecular weight is 215 g/mol. The SMILES string of the molecule is C=C(NC(C)=O)c1c(F)cc(F)cc1F. The van der Waals surface area contributed by atoms with Crippen LogP contribution in [0.5, 0.6) is 0 Å². The summed E-state index contributed by atoms with van der Waals surface area (Å²) in [5, 5.41) is 2.12. The Bertz CT molecular complexity index is 406. The topological polar surface area (TPSA) is 29.1 Å². The van der Waals surface area contributed by atoms with Crippen LogP contribution in [0.4, 0.5) is 13.2 Å². The van der Waals surface area contributed by atoms with Crippen LogP contribution < -0.4 is 5.32 Å². The summed E-state index contributed by atoms with van der Waals surface area (Å²) in [5.41, 5.74) is -0.774. The van der Waals surface area contributed by atoms with Gasteiger partial charge in [-0.25, -0.2) is 13.2 Å². The molecule has 0 aliphatic carbocycles. The first-order valence-corrected chi connectivity index (χ1v) is 4.03. The molecular weight excluding hydrogens is 207 g/mol. The molecule has 0 aromatic heterocycles. The van der Waals surface area contributed by atoms with Crippen molar-refractivity contribution in [3.8, 4) is 0 Å². The van der Waals surface area contributed by atoms with Crippen LogP contribution in [0.3, 0.4) is 0 Å². The molecule has 0 bridgehead atoms. The van der Waals surface area contributed by atoms with E-state index in [1.54, 1.807) is 0 Å². The molecule has 80 valence electrons. The zero-order valence-electron chi connectivity index (χ0n) is 7.90. The zero-order chi connectivity index (χ0) is 11.6. The second-order valence-corrected chi connectivity index (χ2v) is 2.90. The van der Waals surface area contributed by atoms with Gasteiger partial charge in [0.25, 0.3) is 0 Å². The lowest BCUT2D eigenvalue weighted by Crippen LogP contribution is -2.19. The van der Waals surface area contributed by atoms with Crippen molar-refractivity contribution in [3.05, 3.63) is 41.7 Å². The highest BCUT2D eigenvalue weighted by Crippen LogP contribution is 2.19. The summed E-state index contributed by atoms with van der Waals surface area (Å²) < 4.78 is 38.8. The fraction of sp³-hybridized carbons (Fsp3) is 0.100. The van der Waals surface area contributed by atoms with Crippen molar-refractivity contribution in [1.29, 1.82) is 0 Å². The summed E-state index contributed by atoms with van der Waals surface area (Å²) in [6, 6.07) is 1.04. The van der Waals surface area contributed by atoms with Gasteiger partial charge in [-0.2, -0.15) is 0 Å². The van der Waals surface area contributed by atoms with Crippen molar-refractivity contribution in [2.75, 3.05) is 0 Å². The molecule has 0 fully saturated rings. The van der Waals surface area contributed by atoms with Gasteiger partial charge in [0.05, 0.1) is 5.56 Å². The van der Waals surface area contributed by atoms with Gasteiger partial charge in [-0.05, 0) is 0 Å². The molecule has 1 amide bonds. The van der Waals surface area contributed by atoms with E-state index < -0.39 is 28.9 Å². The molecule has 1 aromatic carbocycles. The molecule has 5 heteroatoms. The third-order valence-electron chi connectivity index (χ3n) is 1.64. The van der Waals surface area contributed by atoms with Gasteiger partial charge < -0.3 is 5.32 Å². The lowest BCUT2D eigenvalue weighted by Gasteiger charge is -2.08. The fourth-order valence-corrected chi connectivity index (χ4v) is 1.11. The van der Waals surface area contributed by atoms with Crippen LogP contribution in [0.25, 0.3) is 5.70 Å². The maximum Gasteiger partial charge on any atom is 0.221 e. The molecule has 0 aliphatic rings. The quantitative estimate of drug-likeness (QED) is 0.805. The van der Waals surface area contributed by atoms with Crippen molar-refractivity contribution in [2.45, 2.75) is 6.92 Å². The number of carbonyl (C=O) groups is 1. The number of nitrogens with one attached hydrogen (secondary N) is 1. The van der Waals surface area contributed by atoms with Crippen molar-refractivity contribution < 1.29 is 18.0 Å². The standard InChI is InChI=1S/C10H8F3NO/c1-5(14-6(2)15)10-8(12)3-7(11)4-9(10)13/h3-4H,1H2,2H3,(H,14,15). The van der Waals surface area contributed by atoms with E-state index in [2.05, 4.69) is 11.9 Å². The van der Waals surface area contributed by atoms with E-state index >= 15 is 0 Å². The highest BCUT2D eigenvalue weighted by atomic mass is 19.1. The highest BCUT2D eigenvalue weighted by molar-refractivity contribution is 5.84. The molecule has 0 atom stereocenters. The minimum Gasteiger partial charge on any atom is -0.326 e. The van der Waals surface area contributed by atoms with Gasteiger partial charge in [0.2, 0.25) is 5.91 Å². The molecule has 2 nitrogen and oxygen atoms in total. The van der Waals surface area contributed by atoms with E-state index in [-0.39, 0.29) is 5.70 Å². The molecule has 0 saturated heterocycles. The van der Waals surface area contributed by atoms with Crippen LogP contribution in [0.2, 0.25) is 0 Å². The molecular formula is C10H8F3NO. The Labute approximate surface area is 84.4 Å². The highest BCUT2D eigenvalue weighted by Gasteiger charge is 2.14. The van der Waals surface area contributed by atoms with Crippen molar-refractivity contribution in [1.82, 2.24) is 5.32 Å². The van der Waals surface area contributed by atoms with E-state index in [4.69, 9.17) is 0 Å². The molecule has 0 radical (unpaired) electrons. The Morgan fingerprint density at radius 2 is 1.73 bits per heavy atom. The zero-order valence-corrected chi connectivity index (χ0v) is 7.90. The van der Waals surface area contributed by atoms with E-state index in [0.717, 1.165) is 0 Å². The van der Waals surface area contributed by atoms with Gasteiger partial charge in [0.1, 0.15) is 17.5 Å². The molecule has 0 aliphatic heterocycles. The van der Waals surface area contributed by atoms with Crippen molar-refractivity contribution >= 4 is 11.6 Å². The number of carbonyl (C=O) groups excluding carboxylic acids is 1. The smallest absolute Gasteiger partial charge is 0.221 e. The molecule has 1 rings (SSSR count). The number of amides is 1. The monoisotopic (exact) mass is 215 g/mol. The summed E-state index contributed by atoms with van der Waals surface area (Å²) in [4.78, 5) is 10.6. The van der Waals surface area contributed by atoms with Gasteiger partial charge in [-0.3, -0.25) is 4.79 Å². The first-order chi connectivity index (χ1) is 6.91. The van der Waals surface area contributed by atoms with Crippen molar-refractivity contribution in [3.63, 3.8) is 0 Å². The summed E-state index contributed by atoms with van der Waals surface area (Å²) in [7, 11) is 0. The number of hydrogen-bond donors (Lipinski definition) is 1. The second kappa shape index (κ2) is 4.16. The predicted molar refractivity (Wildman–Crippen MR) is 49.2 cm³/mol. The Balaban J connectivity index is 3.14. The number of halogens is 3. The Morgan fingerprint density at radius 1 is 1.27 bits per heavy atom. The molecule has 0 unspecified atom stereocenters. The van der Waals surface area contributed by atoms with E-state index in [9.17, 15) is 18.0 Å². The predicted octanol–water partition coefficient (Wildman–Crippen LogP) is 2.21. The average Bonchev–Trinajstić information content (AvgIpc) is 1.99. The normalized spacial score (nSPS) is 9.87. The first-order valence-electron chi connectivity index (χ1n) is 4.03. The number of hydrogen-bond acceptors (Lipinski definition) is 1. The third-order valence-corrected chi connectivity index (χ3v) is 1.64. The van der Waals surface area contributed by atoms with Crippen molar-refractivity contribution in [2.24, 2.45) is 0 Å². The van der Waals surface area contributed by atoms with E-state index in [0.29, 0.717) is 12.1 Å². The molecule has 0 spiro atoms. The van der Waals surface area contributed by atoms with Crippen LogP contribution in [0.1, 0.15) is 12.5 Å². The second-order valence-electron chi connectivity index (χ2n) is 2.90. The number of rotatable bonds is 2.